The fourth-order valence-corrected chi connectivity index (χ4v) is 2.53. The molecule has 0 saturated carbocycles. The van der Waals surface area contributed by atoms with Crippen LogP contribution >= 0.6 is 22.9 Å². The summed E-state index contributed by atoms with van der Waals surface area (Å²) in [7, 11) is 0. The van der Waals surface area contributed by atoms with Crippen molar-refractivity contribution in [1.29, 1.82) is 0 Å². The van der Waals surface area contributed by atoms with Crippen LogP contribution in [0.3, 0.4) is 0 Å². The molecule has 0 aliphatic heterocycles. The molecule has 2 aromatic rings. The quantitative estimate of drug-likeness (QED) is 0.852. The van der Waals surface area contributed by atoms with Gasteiger partial charge in [-0.05, 0) is 29.8 Å². The number of benzene rings is 1. The molecule has 1 aromatic heterocycles. The average Bonchev–Trinajstić information content (AvgIpc) is 2.77. The van der Waals surface area contributed by atoms with Gasteiger partial charge in [0.15, 0.2) is 5.78 Å². The zero-order valence-corrected chi connectivity index (χ0v) is 10.0. The summed E-state index contributed by atoms with van der Waals surface area (Å²) in [6.07, 6.45) is 0. The van der Waals surface area contributed by atoms with E-state index in [1.165, 1.54) is 11.3 Å². The molecule has 2 N–H and O–H groups in total. The molecule has 2 rings (SSSR count). The predicted molar refractivity (Wildman–Crippen MR) is 68.1 cm³/mol. The van der Waals surface area contributed by atoms with Crippen molar-refractivity contribution in [1.82, 2.24) is 0 Å². The van der Waals surface area contributed by atoms with Crippen LogP contribution in [-0.4, -0.2) is 12.3 Å². The van der Waals surface area contributed by atoms with Gasteiger partial charge in [-0.3, -0.25) is 4.79 Å². The molecule has 0 amide bonds. The molecule has 0 unspecified atom stereocenters. The van der Waals surface area contributed by atoms with Crippen molar-refractivity contribution < 1.29 is 4.79 Å². The van der Waals surface area contributed by atoms with E-state index in [0.717, 1.165) is 10.4 Å². The first-order valence-electron chi connectivity index (χ1n) is 4.80. The van der Waals surface area contributed by atoms with Crippen molar-refractivity contribution in [2.45, 2.75) is 0 Å². The van der Waals surface area contributed by atoms with Crippen molar-refractivity contribution in [3.63, 3.8) is 0 Å². The van der Waals surface area contributed by atoms with E-state index in [1.54, 1.807) is 6.07 Å². The maximum absolute atomic E-state index is 11.4. The van der Waals surface area contributed by atoms with Crippen LogP contribution in [0.4, 0.5) is 0 Å². The van der Waals surface area contributed by atoms with Gasteiger partial charge in [0.2, 0.25) is 0 Å². The Balaban J connectivity index is 2.35. The van der Waals surface area contributed by atoms with Crippen LogP contribution in [0.5, 0.6) is 0 Å². The van der Waals surface area contributed by atoms with Gasteiger partial charge in [0.25, 0.3) is 0 Å². The van der Waals surface area contributed by atoms with Gasteiger partial charge < -0.3 is 5.73 Å². The van der Waals surface area contributed by atoms with E-state index in [1.807, 2.05) is 30.3 Å². The first-order valence-corrected chi connectivity index (χ1v) is 5.99. The Morgan fingerprint density at radius 1 is 1.31 bits per heavy atom. The Labute approximate surface area is 103 Å². The fourth-order valence-electron chi connectivity index (χ4n) is 1.39. The number of nitrogens with two attached hydrogens (primary N) is 1. The van der Waals surface area contributed by atoms with Crippen LogP contribution in [0.1, 0.15) is 9.67 Å². The minimum absolute atomic E-state index is 0.0294. The second-order valence-electron chi connectivity index (χ2n) is 3.30. The largest absolute Gasteiger partial charge is 0.324 e. The van der Waals surface area contributed by atoms with Gasteiger partial charge >= 0.3 is 0 Å². The summed E-state index contributed by atoms with van der Waals surface area (Å²) in [5.74, 6) is -0.0294. The molecule has 1 aromatic carbocycles. The number of ketones is 1. The van der Waals surface area contributed by atoms with Crippen LogP contribution in [0.25, 0.3) is 10.4 Å². The number of halogens is 1. The normalized spacial score (nSPS) is 10.4. The molecule has 0 aliphatic carbocycles. The highest BCUT2D eigenvalue weighted by molar-refractivity contribution is 7.17. The lowest BCUT2D eigenvalue weighted by Gasteiger charge is -1.97. The maximum Gasteiger partial charge on any atom is 0.186 e. The molecular weight excluding hydrogens is 242 g/mol. The third-order valence-corrected chi connectivity index (χ3v) is 3.59. The summed E-state index contributed by atoms with van der Waals surface area (Å²) < 4.78 is 0. The monoisotopic (exact) mass is 251 g/mol. The summed E-state index contributed by atoms with van der Waals surface area (Å²) in [4.78, 5) is 13.1. The lowest BCUT2D eigenvalue weighted by molar-refractivity contribution is 0.100. The smallest absolute Gasteiger partial charge is 0.186 e. The Hall–Kier alpha value is -1.16. The molecule has 0 aliphatic rings. The van der Waals surface area contributed by atoms with Crippen molar-refractivity contribution >= 4 is 28.7 Å². The SMILES string of the molecule is NCC(=O)c1ccc(-c2cccc(Cl)c2)s1. The number of Topliss-reactive ketones (excluding diaryl/α,β-unsaturated/α-hetero) is 1. The first-order chi connectivity index (χ1) is 7.70. The van der Waals surface area contributed by atoms with Crippen molar-refractivity contribution in [3.8, 4) is 10.4 Å². The maximum atomic E-state index is 11.4. The number of thiophene rings is 1. The number of hydrogen-bond donors (Lipinski definition) is 1. The third-order valence-electron chi connectivity index (χ3n) is 2.18. The standard InChI is InChI=1S/C12H10ClNOS/c13-9-3-1-2-8(6-9)11-4-5-12(16-11)10(15)7-14/h1-6H,7,14H2. The Morgan fingerprint density at radius 2 is 2.12 bits per heavy atom. The van der Waals surface area contributed by atoms with Crippen LogP contribution in [-0.2, 0) is 0 Å². The molecule has 4 heteroatoms. The van der Waals surface area contributed by atoms with Crippen LogP contribution in [0.2, 0.25) is 5.02 Å². The second kappa shape index (κ2) is 4.78. The van der Waals surface area contributed by atoms with Gasteiger partial charge in [0, 0.05) is 9.90 Å². The van der Waals surface area contributed by atoms with Crippen LogP contribution in [0.15, 0.2) is 36.4 Å². The van der Waals surface area contributed by atoms with Gasteiger partial charge in [-0.25, -0.2) is 0 Å². The zero-order valence-electron chi connectivity index (χ0n) is 8.44. The lowest BCUT2D eigenvalue weighted by atomic mass is 10.2. The molecular formula is C12H10ClNOS. The molecule has 0 saturated heterocycles. The third kappa shape index (κ3) is 2.32. The van der Waals surface area contributed by atoms with Gasteiger partial charge in [-0.1, -0.05) is 23.7 Å². The van der Waals surface area contributed by atoms with Crippen LogP contribution < -0.4 is 5.73 Å². The molecule has 2 nitrogen and oxygen atoms in total. The Kier molecular flexibility index (Phi) is 3.39. The van der Waals surface area contributed by atoms with Crippen molar-refractivity contribution in [2.24, 2.45) is 5.73 Å². The van der Waals surface area contributed by atoms with E-state index in [0.29, 0.717) is 9.90 Å². The number of carbonyl (C=O) groups is 1. The van der Waals surface area contributed by atoms with Crippen molar-refractivity contribution in [2.75, 3.05) is 6.54 Å². The summed E-state index contributed by atoms with van der Waals surface area (Å²) in [6, 6.07) is 11.3. The molecule has 0 spiro atoms. The predicted octanol–water partition coefficient (Wildman–Crippen LogP) is 3.21. The minimum Gasteiger partial charge on any atom is -0.324 e. The minimum atomic E-state index is -0.0294. The molecule has 0 bridgehead atoms. The highest BCUT2D eigenvalue weighted by atomic mass is 35.5. The van der Waals surface area contributed by atoms with Gasteiger partial charge in [-0.2, -0.15) is 0 Å². The van der Waals surface area contributed by atoms with E-state index in [-0.39, 0.29) is 12.3 Å². The zero-order chi connectivity index (χ0) is 11.5. The van der Waals surface area contributed by atoms with E-state index in [4.69, 9.17) is 17.3 Å². The van der Waals surface area contributed by atoms with Gasteiger partial charge in [0.05, 0.1) is 11.4 Å². The lowest BCUT2D eigenvalue weighted by Crippen LogP contribution is -2.11. The van der Waals surface area contributed by atoms with Crippen LogP contribution in [0, 0.1) is 0 Å². The number of carbonyl (C=O) groups excluding carboxylic acids is 1. The fraction of sp³-hybridized carbons (Fsp3) is 0.0833. The Morgan fingerprint density at radius 3 is 2.81 bits per heavy atom. The highest BCUT2D eigenvalue weighted by Gasteiger charge is 2.08. The van der Waals surface area contributed by atoms with E-state index < -0.39 is 0 Å². The van der Waals surface area contributed by atoms with E-state index in [9.17, 15) is 4.79 Å². The van der Waals surface area contributed by atoms with Crippen molar-refractivity contribution in [3.05, 3.63) is 46.3 Å². The highest BCUT2D eigenvalue weighted by Crippen LogP contribution is 2.29. The summed E-state index contributed by atoms with van der Waals surface area (Å²) >= 11 is 7.35. The summed E-state index contributed by atoms with van der Waals surface area (Å²) in [5, 5.41) is 0.692. The topological polar surface area (TPSA) is 43.1 Å². The molecule has 16 heavy (non-hydrogen) atoms. The van der Waals surface area contributed by atoms with Gasteiger partial charge in [0.1, 0.15) is 0 Å². The molecule has 0 fully saturated rings. The average molecular weight is 252 g/mol. The molecule has 82 valence electrons. The van der Waals surface area contributed by atoms with E-state index in [2.05, 4.69) is 0 Å². The first kappa shape index (κ1) is 11.3. The molecule has 0 atom stereocenters. The van der Waals surface area contributed by atoms with E-state index >= 15 is 0 Å². The molecule has 0 radical (unpaired) electrons. The number of rotatable bonds is 3. The Bertz CT molecular complexity index is 521. The number of hydrogen-bond acceptors (Lipinski definition) is 3. The molecule has 1 heterocycles. The summed E-state index contributed by atoms with van der Waals surface area (Å²) in [6.45, 7) is 0.0511. The summed E-state index contributed by atoms with van der Waals surface area (Å²) in [5.41, 5.74) is 6.33. The van der Waals surface area contributed by atoms with Gasteiger partial charge in [-0.15, -0.1) is 11.3 Å². The second-order valence-corrected chi connectivity index (χ2v) is 4.82.